The lowest BCUT2D eigenvalue weighted by atomic mass is 9.91. The van der Waals surface area contributed by atoms with Crippen LogP contribution >= 0.6 is 0 Å². The molecule has 7 heteroatoms. The number of allylic oxidation sites excluding steroid dienone is 1. The van der Waals surface area contributed by atoms with E-state index in [0.29, 0.717) is 11.3 Å². The number of benzene rings is 2. The summed E-state index contributed by atoms with van der Waals surface area (Å²) in [6.45, 7) is 3.24. The van der Waals surface area contributed by atoms with Crippen LogP contribution in [0, 0.1) is 0 Å². The van der Waals surface area contributed by atoms with Crippen LogP contribution in [-0.4, -0.2) is 48.5 Å². The van der Waals surface area contributed by atoms with E-state index in [4.69, 9.17) is 9.47 Å². The minimum Gasteiger partial charge on any atom is -0.484 e. The smallest absolute Gasteiger partial charge is 0.354 e. The summed E-state index contributed by atoms with van der Waals surface area (Å²) in [4.78, 5) is 39.1. The van der Waals surface area contributed by atoms with E-state index >= 15 is 0 Å². The molecule has 2 aromatic carbocycles. The molecule has 2 atom stereocenters. The number of likely N-dealkylation sites (tertiary alicyclic amines) is 1. The Morgan fingerprint density at radius 1 is 1.03 bits per heavy atom. The highest BCUT2D eigenvalue weighted by atomic mass is 16.5. The minimum atomic E-state index is -0.819. The number of hydrogen-bond acceptors (Lipinski definition) is 5. The first-order chi connectivity index (χ1) is 15.4. The van der Waals surface area contributed by atoms with Crippen LogP contribution in [0.5, 0.6) is 5.75 Å². The van der Waals surface area contributed by atoms with Gasteiger partial charge in [-0.2, -0.15) is 0 Å². The third-order valence-electron chi connectivity index (χ3n) is 4.95. The first-order valence-electron chi connectivity index (χ1n) is 10.2. The average Bonchev–Trinajstić information content (AvgIpc) is 2.81. The molecule has 1 aliphatic heterocycles. The van der Waals surface area contributed by atoms with Gasteiger partial charge >= 0.3 is 5.97 Å². The predicted octanol–water partition coefficient (Wildman–Crippen LogP) is 2.94. The zero-order valence-corrected chi connectivity index (χ0v) is 18.3. The van der Waals surface area contributed by atoms with Crippen molar-refractivity contribution in [1.82, 2.24) is 10.2 Å². The molecule has 1 saturated heterocycles. The number of nitrogens with zero attached hydrogens (tertiary/aromatic N) is 1. The van der Waals surface area contributed by atoms with Crippen molar-refractivity contribution in [3.05, 3.63) is 83.6 Å². The second-order valence-corrected chi connectivity index (χ2v) is 7.46. The van der Waals surface area contributed by atoms with Crippen molar-refractivity contribution in [3.63, 3.8) is 0 Å². The number of para-hydroxylation sites is 1. The molecule has 1 heterocycles. The molecule has 0 aliphatic carbocycles. The number of amides is 2. The lowest BCUT2D eigenvalue weighted by molar-refractivity contribution is -0.153. The molecule has 0 spiro atoms. The maximum atomic E-state index is 13.0. The van der Waals surface area contributed by atoms with Crippen LogP contribution in [-0.2, 0) is 19.1 Å². The fourth-order valence-corrected chi connectivity index (χ4v) is 3.41. The summed E-state index contributed by atoms with van der Waals surface area (Å²) in [5.41, 5.74) is 1.74. The molecule has 32 heavy (non-hydrogen) atoms. The Morgan fingerprint density at radius 2 is 1.66 bits per heavy atom. The second-order valence-electron chi connectivity index (χ2n) is 7.46. The van der Waals surface area contributed by atoms with Gasteiger partial charge in [-0.05, 0) is 37.1 Å². The summed E-state index contributed by atoms with van der Waals surface area (Å²) >= 11 is 0. The summed E-state index contributed by atoms with van der Waals surface area (Å²) in [6.07, 6.45) is 3.65. The zero-order chi connectivity index (χ0) is 23.1. The van der Waals surface area contributed by atoms with Gasteiger partial charge < -0.3 is 14.8 Å². The fraction of sp³-hybridized carbons (Fsp3) is 0.240. The van der Waals surface area contributed by atoms with Crippen molar-refractivity contribution < 1.29 is 23.9 Å². The molecule has 166 valence electrons. The number of carbonyl (C=O) groups is 3. The summed E-state index contributed by atoms with van der Waals surface area (Å²) < 4.78 is 10.3. The van der Waals surface area contributed by atoms with E-state index < -0.39 is 24.0 Å². The van der Waals surface area contributed by atoms with Crippen LogP contribution in [0.1, 0.15) is 19.4 Å². The first kappa shape index (κ1) is 22.8. The van der Waals surface area contributed by atoms with Crippen molar-refractivity contribution in [2.75, 3.05) is 13.7 Å². The van der Waals surface area contributed by atoms with Gasteiger partial charge in [0.1, 0.15) is 17.5 Å². The predicted molar refractivity (Wildman–Crippen MR) is 120 cm³/mol. The van der Waals surface area contributed by atoms with Crippen LogP contribution in [0.4, 0.5) is 0 Å². The lowest BCUT2D eigenvalue weighted by Gasteiger charge is -2.46. The fourth-order valence-electron chi connectivity index (χ4n) is 3.41. The van der Waals surface area contributed by atoms with Gasteiger partial charge in [-0.1, -0.05) is 60.7 Å². The van der Waals surface area contributed by atoms with Gasteiger partial charge in [0.2, 0.25) is 0 Å². The van der Waals surface area contributed by atoms with Gasteiger partial charge in [-0.3, -0.25) is 14.5 Å². The normalized spacial score (nSPS) is 17.5. The Bertz CT molecular complexity index is 1030. The van der Waals surface area contributed by atoms with Crippen molar-refractivity contribution in [2.45, 2.75) is 25.9 Å². The lowest BCUT2D eigenvalue weighted by Crippen LogP contribution is -2.70. The maximum absolute atomic E-state index is 13.0. The highest BCUT2D eigenvalue weighted by Crippen LogP contribution is 2.29. The summed E-state index contributed by atoms with van der Waals surface area (Å²) in [7, 11) is 1.27. The summed E-state index contributed by atoms with van der Waals surface area (Å²) in [5, 5.41) is 2.72. The van der Waals surface area contributed by atoms with Crippen LogP contribution in [0.15, 0.2) is 78.0 Å². The van der Waals surface area contributed by atoms with Crippen LogP contribution in [0.25, 0.3) is 6.08 Å². The van der Waals surface area contributed by atoms with Crippen LogP contribution < -0.4 is 10.1 Å². The number of hydrogen-bond donors (Lipinski definition) is 1. The molecule has 7 nitrogen and oxygen atoms in total. The second kappa shape index (κ2) is 10.4. The maximum Gasteiger partial charge on any atom is 0.354 e. The molecule has 0 aromatic heterocycles. The Hall–Kier alpha value is -3.87. The molecule has 1 fully saturated rings. The number of β-lactam (4-membered cyclic amide) rings is 1. The standard InChI is InChI=1S/C25H26N2O5/c1-17(2)23(25(30)31-3)27-20(15-14-18-10-6-4-7-11-18)22(24(27)29)26-21(28)16-32-19-12-8-5-9-13-19/h4-15,20,22H,16H2,1-3H3,(H,26,28)/b15-14+. The van der Waals surface area contributed by atoms with E-state index in [0.717, 1.165) is 5.56 Å². The van der Waals surface area contributed by atoms with Crippen molar-refractivity contribution >= 4 is 23.9 Å². The highest BCUT2D eigenvalue weighted by molar-refractivity contribution is 6.02. The van der Waals surface area contributed by atoms with Crippen molar-refractivity contribution in [2.24, 2.45) is 0 Å². The van der Waals surface area contributed by atoms with E-state index in [1.165, 1.54) is 12.0 Å². The van der Waals surface area contributed by atoms with Gasteiger partial charge in [0.15, 0.2) is 6.61 Å². The molecule has 2 aromatic rings. The molecule has 2 unspecified atom stereocenters. The van der Waals surface area contributed by atoms with Crippen molar-refractivity contribution in [1.29, 1.82) is 0 Å². The number of nitrogens with one attached hydrogen (secondary N) is 1. The van der Waals surface area contributed by atoms with E-state index in [9.17, 15) is 14.4 Å². The molecule has 2 amide bonds. The van der Waals surface area contributed by atoms with Crippen LogP contribution in [0.2, 0.25) is 0 Å². The topological polar surface area (TPSA) is 84.9 Å². The SMILES string of the molecule is COC(=O)C(=C(C)C)N1C(=O)C(NC(=O)COc2ccccc2)C1/C=C/c1ccccc1. The third-order valence-corrected chi connectivity index (χ3v) is 4.95. The summed E-state index contributed by atoms with van der Waals surface area (Å²) in [6, 6.07) is 17.1. The Morgan fingerprint density at radius 3 is 2.25 bits per heavy atom. The first-order valence-corrected chi connectivity index (χ1v) is 10.2. The highest BCUT2D eigenvalue weighted by Gasteiger charge is 2.50. The Kier molecular flexibility index (Phi) is 7.44. The van der Waals surface area contributed by atoms with E-state index in [2.05, 4.69) is 5.32 Å². The minimum absolute atomic E-state index is 0.172. The number of carbonyl (C=O) groups excluding carboxylic acids is 3. The number of esters is 1. The average molecular weight is 434 g/mol. The van der Waals surface area contributed by atoms with Crippen molar-refractivity contribution in [3.8, 4) is 5.75 Å². The van der Waals surface area contributed by atoms with Gasteiger partial charge in [0.25, 0.3) is 11.8 Å². The van der Waals surface area contributed by atoms with E-state index in [1.807, 2.05) is 42.5 Å². The largest absolute Gasteiger partial charge is 0.484 e. The van der Waals surface area contributed by atoms with Gasteiger partial charge in [-0.25, -0.2) is 4.79 Å². The quantitative estimate of drug-likeness (QED) is 0.392. The summed E-state index contributed by atoms with van der Waals surface area (Å²) in [5.74, 6) is -0.861. The molecule has 0 bridgehead atoms. The molecular weight excluding hydrogens is 408 g/mol. The number of methoxy groups -OCH3 is 1. The molecular formula is C25H26N2O5. The third kappa shape index (κ3) is 5.24. The van der Waals surface area contributed by atoms with E-state index in [-0.39, 0.29) is 18.2 Å². The Labute approximate surface area is 187 Å². The Balaban J connectivity index is 1.78. The number of rotatable bonds is 8. The van der Waals surface area contributed by atoms with Gasteiger partial charge in [0, 0.05) is 0 Å². The number of ether oxygens (including phenoxy) is 2. The monoisotopic (exact) mass is 434 g/mol. The van der Waals surface area contributed by atoms with Crippen LogP contribution in [0.3, 0.4) is 0 Å². The van der Waals surface area contributed by atoms with Gasteiger partial charge in [0.05, 0.1) is 13.2 Å². The molecule has 3 rings (SSSR count). The molecule has 0 radical (unpaired) electrons. The van der Waals surface area contributed by atoms with E-state index in [1.54, 1.807) is 44.2 Å². The molecule has 0 saturated carbocycles. The molecule has 1 N–H and O–H groups in total. The molecule has 1 aliphatic rings. The zero-order valence-electron chi connectivity index (χ0n) is 18.3. The van der Waals surface area contributed by atoms with Gasteiger partial charge in [-0.15, -0.1) is 0 Å².